The molecule has 0 radical (unpaired) electrons. The zero-order chi connectivity index (χ0) is 14.7. The summed E-state index contributed by atoms with van der Waals surface area (Å²) < 4.78 is 0. The van der Waals surface area contributed by atoms with Crippen molar-refractivity contribution in [2.75, 3.05) is 6.54 Å². The average Bonchev–Trinajstić information content (AvgIpc) is 3.27. The van der Waals surface area contributed by atoms with E-state index in [0.717, 1.165) is 38.6 Å². The summed E-state index contributed by atoms with van der Waals surface area (Å²) in [7, 11) is 0. The largest absolute Gasteiger partial charge is 0.308 e. The number of hydrogen-bond acceptors (Lipinski definition) is 3. The molecule has 1 saturated carbocycles. The molecule has 1 heterocycles. The van der Waals surface area contributed by atoms with Crippen molar-refractivity contribution in [1.29, 1.82) is 0 Å². The van der Waals surface area contributed by atoms with Gasteiger partial charge >= 0.3 is 0 Å². The predicted octanol–water partition coefficient (Wildman–Crippen LogP) is 2.52. The second-order valence-corrected chi connectivity index (χ2v) is 6.40. The Kier molecular flexibility index (Phi) is 4.06. The topological polar surface area (TPSA) is 44.7 Å². The molecule has 1 saturated heterocycles. The SMILES string of the molecule is CC1(/N=C\N(C=O)C2CCC(c3ccccc3)NC2)CC1. The lowest BCUT2D eigenvalue weighted by atomic mass is 9.94. The van der Waals surface area contributed by atoms with E-state index in [0.29, 0.717) is 6.04 Å². The van der Waals surface area contributed by atoms with E-state index < -0.39 is 0 Å². The van der Waals surface area contributed by atoms with Gasteiger partial charge < -0.3 is 10.2 Å². The van der Waals surface area contributed by atoms with Gasteiger partial charge in [0, 0.05) is 12.6 Å². The molecule has 3 rings (SSSR count). The Labute approximate surface area is 126 Å². The maximum Gasteiger partial charge on any atom is 0.215 e. The van der Waals surface area contributed by atoms with Crippen LogP contribution in [0.4, 0.5) is 0 Å². The van der Waals surface area contributed by atoms with Gasteiger partial charge in [0.1, 0.15) is 0 Å². The van der Waals surface area contributed by atoms with Gasteiger partial charge in [0.15, 0.2) is 0 Å². The number of nitrogens with one attached hydrogen (secondary N) is 1. The Morgan fingerprint density at radius 1 is 1.29 bits per heavy atom. The lowest BCUT2D eigenvalue weighted by molar-refractivity contribution is -0.116. The molecule has 112 valence electrons. The minimum absolute atomic E-state index is 0.0932. The Balaban J connectivity index is 1.56. The molecule has 1 aromatic rings. The first kappa shape index (κ1) is 14.3. The second-order valence-electron chi connectivity index (χ2n) is 6.40. The van der Waals surface area contributed by atoms with Crippen molar-refractivity contribution >= 4 is 12.7 Å². The number of carbonyl (C=O) groups is 1. The average molecular weight is 285 g/mol. The Morgan fingerprint density at radius 3 is 2.62 bits per heavy atom. The van der Waals surface area contributed by atoms with Gasteiger partial charge in [0.2, 0.25) is 6.41 Å². The Bertz CT molecular complexity index is 502. The normalized spacial score (nSPS) is 27.5. The summed E-state index contributed by atoms with van der Waals surface area (Å²) in [5.74, 6) is 0. The molecule has 2 aliphatic rings. The molecule has 1 aromatic carbocycles. The second kappa shape index (κ2) is 5.98. The van der Waals surface area contributed by atoms with E-state index in [9.17, 15) is 4.79 Å². The predicted molar refractivity (Wildman–Crippen MR) is 84.2 cm³/mol. The van der Waals surface area contributed by atoms with E-state index in [1.165, 1.54) is 5.56 Å². The minimum Gasteiger partial charge on any atom is -0.308 e. The highest BCUT2D eigenvalue weighted by molar-refractivity contribution is 5.73. The molecule has 0 aromatic heterocycles. The van der Waals surface area contributed by atoms with Crippen LogP contribution in [0.25, 0.3) is 0 Å². The van der Waals surface area contributed by atoms with E-state index in [-0.39, 0.29) is 11.6 Å². The van der Waals surface area contributed by atoms with Crippen LogP contribution in [0.1, 0.15) is 44.2 Å². The van der Waals surface area contributed by atoms with Gasteiger partial charge in [-0.25, -0.2) is 0 Å². The van der Waals surface area contributed by atoms with E-state index in [2.05, 4.69) is 41.5 Å². The molecular formula is C17H23N3O. The van der Waals surface area contributed by atoms with Crippen molar-refractivity contribution < 1.29 is 4.79 Å². The first-order valence-electron chi connectivity index (χ1n) is 7.77. The van der Waals surface area contributed by atoms with E-state index >= 15 is 0 Å². The molecule has 1 amide bonds. The summed E-state index contributed by atoms with van der Waals surface area (Å²) in [5.41, 5.74) is 1.42. The van der Waals surface area contributed by atoms with Gasteiger partial charge in [-0.3, -0.25) is 9.79 Å². The molecule has 4 nitrogen and oxygen atoms in total. The van der Waals surface area contributed by atoms with Gasteiger partial charge in [-0.2, -0.15) is 0 Å². The summed E-state index contributed by atoms with van der Waals surface area (Å²) in [4.78, 5) is 17.6. The molecule has 0 bridgehead atoms. The third kappa shape index (κ3) is 3.50. The molecule has 1 aliphatic carbocycles. The van der Waals surface area contributed by atoms with E-state index in [4.69, 9.17) is 0 Å². The number of aliphatic imine (C=N–C) groups is 1. The zero-order valence-electron chi connectivity index (χ0n) is 12.5. The number of benzene rings is 1. The van der Waals surface area contributed by atoms with Gasteiger partial charge in [0.05, 0.1) is 17.9 Å². The molecule has 21 heavy (non-hydrogen) atoms. The van der Waals surface area contributed by atoms with Crippen molar-refractivity contribution in [2.24, 2.45) is 4.99 Å². The first-order chi connectivity index (χ1) is 10.2. The lowest BCUT2D eigenvalue weighted by Gasteiger charge is -2.34. The highest BCUT2D eigenvalue weighted by Gasteiger charge is 2.36. The quantitative estimate of drug-likeness (QED) is 0.513. The maximum absolute atomic E-state index is 11.3. The highest BCUT2D eigenvalue weighted by Crippen LogP contribution is 2.38. The van der Waals surface area contributed by atoms with Crippen LogP contribution in [0.2, 0.25) is 0 Å². The summed E-state index contributed by atoms with van der Waals surface area (Å²) >= 11 is 0. The third-order valence-electron chi connectivity index (χ3n) is 4.61. The smallest absolute Gasteiger partial charge is 0.215 e. The number of rotatable bonds is 5. The van der Waals surface area contributed by atoms with Crippen LogP contribution in [0.3, 0.4) is 0 Å². The number of carbonyl (C=O) groups excluding carboxylic acids is 1. The molecule has 2 fully saturated rings. The van der Waals surface area contributed by atoms with Crippen LogP contribution in [-0.4, -0.2) is 35.8 Å². The molecule has 4 heteroatoms. The third-order valence-corrected chi connectivity index (χ3v) is 4.61. The van der Waals surface area contributed by atoms with Crippen molar-refractivity contribution in [1.82, 2.24) is 10.2 Å². The van der Waals surface area contributed by atoms with E-state index in [1.54, 1.807) is 11.2 Å². The standard InChI is InChI=1S/C17H23N3O/c1-17(9-10-17)19-12-20(13-21)15-7-8-16(18-11-15)14-5-3-2-4-6-14/h2-6,12-13,15-16,18H,7-11H2,1H3/b19-12-. The summed E-state index contributed by atoms with van der Waals surface area (Å²) in [5, 5.41) is 3.55. The van der Waals surface area contributed by atoms with Crippen LogP contribution in [0.15, 0.2) is 35.3 Å². The van der Waals surface area contributed by atoms with Gasteiger partial charge in [-0.05, 0) is 38.2 Å². The van der Waals surface area contributed by atoms with Crippen molar-refractivity contribution in [2.45, 2.75) is 50.2 Å². The highest BCUT2D eigenvalue weighted by atomic mass is 16.1. The number of nitrogens with zero attached hydrogens (tertiary/aromatic N) is 2. The maximum atomic E-state index is 11.3. The molecule has 0 spiro atoms. The molecule has 1 aliphatic heterocycles. The first-order valence-corrected chi connectivity index (χ1v) is 7.77. The van der Waals surface area contributed by atoms with Crippen LogP contribution >= 0.6 is 0 Å². The summed E-state index contributed by atoms with van der Waals surface area (Å²) in [6.07, 6.45) is 6.97. The fourth-order valence-corrected chi connectivity index (χ4v) is 2.79. The zero-order valence-corrected chi connectivity index (χ0v) is 12.5. The fraction of sp³-hybridized carbons (Fsp3) is 0.529. The number of amides is 1. The summed E-state index contributed by atoms with van der Waals surface area (Å²) in [6.45, 7) is 2.96. The molecule has 1 N–H and O–H groups in total. The molecule has 2 unspecified atom stereocenters. The van der Waals surface area contributed by atoms with Crippen LogP contribution in [0.5, 0.6) is 0 Å². The summed E-state index contributed by atoms with van der Waals surface area (Å²) in [6, 6.07) is 11.1. The van der Waals surface area contributed by atoms with Gasteiger partial charge in [-0.1, -0.05) is 30.3 Å². The Hall–Kier alpha value is -1.68. The minimum atomic E-state index is 0.0932. The Morgan fingerprint density at radius 2 is 2.05 bits per heavy atom. The number of piperidine rings is 1. The fourth-order valence-electron chi connectivity index (χ4n) is 2.79. The van der Waals surface area contributed by atoms with Gasteiger partial charge in [0.25, 0.3) is 0 Å². The lowest BCUT2D eigenvalue weighted by Crippen LogP contribution is -2.46. The van der Waals surface area contributed by atoms with Crippen molar-refractivity contribution in [3.05, 3.63) is 35.9 Å². The molecular weight excluding hydrogens is 262 g/mol. The van der Waals surface area contributed by atoms with E-state index in [1.807, 2.05) is 6.07 Å². The van der Waals surface area contributed by atoms with Gasteiger partial charge in [-0.15, -0.1) is 0 Å². The van der Waals surface area contributed by atoms with Crippen LogP contribution in [0, 0.1) is 0 Å². The van der Waals surface area contributed by atoms with Crippen LogP contribution in [-0.2, 0) is 4.79 Å². The van der Waals surface area contributed by atoms with Crippen LogP contribution < -0.4 is 5.32 Å². The van der Waals surface area contributed by atoms with Crippen molar-refractivity contribution in [3.8, 4) is 0 Å². The number of hydrogen-bond donors (Lipinski definition) is 1. The van der Waals surface area contributed by atoms with Crippen molar-refractivity contribution in [3.63, 3.8) is 0 Å². The molecule has 2 atom stereocenters. The monoisotopic (exact) mass is 285 g/mol.